The molecule has 3 rings (SSSR count). The molecule has 0 saturated carbocycles. The molecule has 9 nitrogen and oxygen atoms in total. The summed E-state index contributed by atoms with van der Waals surface area (Å²) in [5.74, 6) is -1.21. The monoisotopic (exact) mass is 446 g/mol. The van der Waals surface area contributed by atoms with Gasteiger partial charge in [0.05, 0.1) is 6.61 Å². The van der Waals surface area contributed by atoms with Crippen LogP contribution in [0.5, 0.6) is 0 Å². The van der Waals surface area contributed by atoms with Crippen LogP contribution in [0.3, 0.4) is 0 Å². The smallest absolute Gasteiger partial charge is 0.303 e. The number of carbonyl (C=O) groups excluding carboxylic acids is 3. The summed E-state index contributed by atoms with van der Waals surface area (Å²) in [5, 5.41) is 0. The fraction of sp³-hybridized carbons (Fsp3) is 0.435. The van der Waals surface area contributed by atoms with E-state index in [0.29, 0.717) is 5.76 Å². The van der Waals surface area contributed by atoms with Crippen LogP contribution in [0.1, 0.15) is 26.3 Å². The van der Waals surface area contributed by atoms with Gasteiger partial charge in [0.1, 0.15) is 18.5 Å². The summed E-state index contributed by atoms with van der Waals surface area (Å²) in [6.07, 6.45) is 0.206. The fourth-order valence-corrected chi connectivity index (χ4v) is 3.30. The molecular weight excluding hydrogens is 420 g/mol. The van der Waals surface area contributed by atoms with Crippen molar-refractivity contribution in [3.8, 4) is 0 Å². The Kier molecular flexibility index (Phi) is 8.02. The molecule has 0 spiro atoms. The number of carbonyl (C=O) groups is 3. The zero-order valence-corrected chi connectivity index (χ0v) is 18.1. The predicted molar refractivity (Wildman–Crippen MR) is 110 cm³/mol. The molecule has 9 heteroatoms. The topological polar surface area (TPSA) is 107 Å². The SMILES string of the molecule is CC(=O)OC[C@H]1O[C@H](OC2=CC=C2)[C@@H](OCc2ccccc2)[C@@H](OC(C)=O)[C@@H]1OC(C)=O. The molecule has 0 N–H and O–H groups in total. The van der Waals surface area contributed by atoms with Crippen molar-refractivity contribution in [1.82, 2.24) is 0 Å². The maximum absolute atomic E-state index is 11.9. The maximum atomic E-state index is 11.9. The van der Waals surface area contributed by atoms with Crippen molar-refractivity contribution in [3.05, 3.63) is 59.9 Å². The molecule has 1 heterocycles. The van der Waals surface area contributed by atoms with E-state index in [0.717, 1.165) is 5.56 Å². The molecule has 0 radical (unpaired) electrons. The Morgan fingerprint density at radius 1 is 0.906 bits per heavy atom. The first-order chi connectivity index (χ1) is 15.3. The average Bonchev–Trinajstić information content (AvgIpc) is 2.70. The highest BCUT2D eigenvalue weighted by Crippen LogP contribution is 2.32. The van der Waals surface area contributed by atoms with Gasteiger partial charge in [0.25, 0.3) is 0 Å². The van der Waals surface area contributed by atoms with E-state index in [-0.39, 0.29) is 13.2 Å². The number of rotatable bonds is 9. The second-order valence-corrected chi connectivity index (χ2v) is 7.30. The summed E-state index contributed by atoms with van der Waals surface area (Å²) in [4.78, 5) is 35.1. The zero-order chi connectivity index (χ0) is 23.1. The molecular formula is C23H26O9. The van der Waals surface area contributed by atoms with Crippen LogP contribution in [-0.2, 0) is 49.4 Å². The highest BCUT2D eigenvalue weighted by molar-refractivity contribution is 5.68. The number of hydrogen-bond acceptors (Lipinski definition) is 9. The number of ether oxygens (including phenoxy) is 6. The quantitative estimate of drug-likeness (QED) is 0.417. The molecule has 5 atom stereocenters. The van der Waals surface area contributed by atoms with Gasteiger partial charge >= 0.3 is 17.9 Å². The average molecular weight is 446 g/mol. The summed E-state index contributed by atoms with van der Waals surface area (Å²) < 4.78 is 34.0. The van der Waals surface area contributed by atoms with Gasteiger partial charge in [-0.25, -0.2) is 0 Å². The maximum Gasteiger partial charge on any atom is 0.303 e. The Labute approximate surface area is 185 Å². The van der Waals surface area contributed by atoms with Gasteiger partial charge in [-0.15, -0.1) is 0 Å². The molecule has 0 unspecified atom stereocenters. The first kappa shape index (κ1) is 23.5. The Morgan fingerprint density at radius 3 is 2.12 bits per heavy atom. The van der Waals surface area contributed by atoms with Gasteiger partial charge in [0.2, 0.25) is 6.29 Å². The highest BCUT2D eigenvalue weighted by Gasteiger charge is 2.52. The molecule has 0 amide bonds. The Bertz CT molecular complexity index is 877. The number of benzene rings is 1. The van der Waals surface area contributed by atoms with Crippen molar-refractivity contribution in [2.75, 3.05) is 6.61 Å². The van der Waals surface area contributed by atoms with Crippen molar-refractivity contribution in [3.63, 3.8) is 0 Å². The van der Waals surface area contributed by atoms with Crippen LogP contribution in [0.25, 0.3) is 0 Å². The van der Waals surface area contributed by atoms with Crippen LogP contribution < -0.4 is 0 Å². The second kappa shape index (κ2) is 10.9. The lowest BCUT2D eigenvalue weighted by Crippen LogP contribution is -2.62. The van der Waals surface area contributed by atoms with Crippen LogP contribution in [0.15, 0.2) is 54.3 Å². The highest BCUT2D eigenvalue weighted by atomic mass is 16.7. The van der Waals surface area contributed by atoms with E-state index in [2.05, 4.69) is 0 Å². The lowest BCUT2D eigenvalue weighted by Gasteiger charge is -2.44. The number of esters is 3. The summed E-state index contributed by atoms with van der Waals surface area (Å²) >= 11 is 0. The molecule has 0 aromatic heterocycles. The third kappa shape index (κ3) is 6.41. The normalized spacial score (nSPS) is 26.3. The van der Waals surface area contributed by atoms with Crippen LogP contribution in [0.4, 0.5) is 0 Å². The summed E-state index contributed by atoms with van der Waals surface area (Å²) in [7, 11) is 0. The Hall–Kier alpha value is -3.17. The van der Waals surface area contributed by atoms with E-state index in [1.165, 1.54) is 20.8 Å². The number of hydrogen-bond donors (Lipinski definition) is 0. The van der Waals surface area contributed by atoms with Crippen molar-refractivity contribution in [2.24, 2.45) is 0 Å². The largest absolute Gasteiger partial charge is 0.463 e. The van der Waals surface area contributed by atoms with E-state index < -0.39 is 48.6 Å². The summed E-state index contributed by atoms with van der Waals surface area (Å²) in [6, 6.07) is 9.38. The van der Waals surface area contributed by atoms with Gasteiger partial charge < -0.3 is 28.4 Å². The van der Waals surface area contributed by atoms with E-state index in [1.807, 2.05) is 30.3 Å². The minimum atomic E-state index is -1.08. The van der Waals surface area contributed by atoms with Gasteiger partial charge in [0.15, 0.2) is 18.3 Å². The molecule has 2 aliphatic rings. The van der Waals surface area contributed by atoms with Crippen molar-refractivity contribution in [2.45, 2.75) is 58.1 Å². The lowest BCUT2D eigenvalue weighted by atomic mass is 9.98. The first-order valence-electron chi connectivity index (χ1n) is 10.2. The third-order valence-electron chi connectivity index (χ3n) is 4.70. The molecule has 0 bridgehead atoms. The van der Waals surface area contributed by atoms with Gasteiger partial charge in [-0.1, -0.05) is 36.4 Å². The van der Waals surface area contributed by atoms with E-state index in [4.69, 9.17) is 28.4 Å². The Morgan fingerprint density at radius 2 is 1.56 bits per heavy atom. The molecule has 32 heavy (non-hydrogen) atoms. The molecule has 1 saturated heterocycles. The van der Waals surface area contributed by atoms with Crippen molar-refractivity contribution < 1.29 is 42.8 Å². The molecule has 1 aromatic carbocycles. The minimum Gasteiger partial charge on any atom is -0.463 e. The van der Waals surface area contributed by atoms with Gasteiger partial charge in [-0.3, -0.25) is 14.4 Å². The molecule has 172 valence electrons. The van der Waals surface area contributed by atoms with Gasteiger partial charge in [-0.05, 0) is 17.7 Å². The van der Waals surface area contributed by atoms with E-state index >= 15 is 0 Å². The van der Waals surface area contributed by atoms with Crippen molar-refractivity contribution >= 4 is 17.9 Å². The van der Waals surface area contributed by atoms with E-state index in [1.54, 1.807) is 18.2 Å². The summed E-state index contributed by atoms with van der Waals surface area (Å²) in [5.41, 5.74) is 0.877. The van der Waals surface area contributed by atoms with E-state index in [9.17, 15) is 14.4 Å². The van der Waals surface area contributed by atoms with Crippen LogP contribution in [0.2, 0.25) is 0 Å². The first-order valence-corrected chi connectivity index (χ1v) is 10.2. The van der Waals surface area contributed by atoms with Crippen LogP contribution in [-0.4, -0.2) is 55.2 Å². The van der Waals surface area contributed by atoms with Crippen molar-refractivity contribution in [1.29, 1.82) is 0 Å². The van der Waals surface area contributed by atoms with Crippen LogP contribution in [0, 0.1) is 0 Å². The second-order valence-electron chi connectivity index (χ2n) is 7.30. The predicted octanol–water partition coefficient (Wildman–Crippen LogP) is 2.19. The molecule has 1 fully saturated rings. The third-order valence-corrected chi connectivity index (χ3v) is 4.70. The fourth-order valence-electron chi connectivity index (χ4n) is 3.30. The molecule has 1 aliphatic carbocycles. The number of allylic oxidation sites excluding steroid dienone is 3. The molecule has 1 aromatic rings. The zero-order valence-electron chi connectivity index (χ0n) is 18.1. The minimum absolute atomic E-state index is 0.169. The summed E-state index contributed by atoms with van der Waals surface area (Å²) in [6.45, 7) is 3.65. The van der Waals surface area contributed by atoms with Gasteiger partial charge in [0, 0.05) is 20.8 Å². The van der Waals surface area contributed by atoms with Crippen LogP contribution >= 0.6 is 0 Å². The van der Waals surface area contributed by atoms with Gasteiger partial charge in [-0.2, -0.15) is 0 Å². The lowest BCUT2D eigenvalue weighted by molar-refractivity contribution is -0.306. The standard InChI is InChI=1S/C23H26O9/c1-14(24)27-13-19-20(29-15(2)25)21(30-16(3)26)22(23(32-19)31-18-10-7-11-18)28-12-17-8-5-4-6-9-17/h4-11,19-23H,12-13H2,1-3H3/t19-,20-,21+,22+,23+/m1/s1. The molecule has 1 aliphatic heterocycles. The Balaban J connectivity index is 1.89.